The van der Waals surface area contributed by atoms with Crippen LogP contribution < -0.4 is 5.32 Å². The van der Waals surface area contributed by atoms with Gasteiger partial charge >= 0.3 is 0 Å². The molecule has 4 nitrogen and oxygen atoms in total. The molecule has 0 bridgehead atoms. The number of aromatic nitrogens is 1. The van der Waals surface area contributed by atoms with Crippen LogP contribution in [0.25, 0.3) is 0 Å². The minimum absolute atomic E-state index is 0.0291. The number of hydrogen-bond donors (Lipinski definition) is 1. The third-order valence-corrected chi connectivity index (χ3v) is 4.03. The van der Waals surface area contributed by atoms with E-state index in [0.29, 0.717) is 12.6 Å². The van der Waals surface area contributed by atoms with E-state index in [0.717, 1.165) is 25.0 Å². The average molecular weight is 253 g/mol. The van der Waals surface area contributed by atoms with Crippen LogP contribution >= 0.6 is 11.3 Å². The number of likely N-dealkylation sites (tertiary alicyclic amines) is 1. The van der Waals surface area contributed by atoms with Crippen LogP contribution in [0.2, 0.25) is 0 Å². The Hall–Kier alpha value is -0.940. The van der Waals surface area contributed by atoms with Crippen molar-refractivity contribution in [3.63, 3.8) is 0 Å². The fraction of sp³-hybridized carbons (Fsp3) is 0.667. The molecule has 2 atom stereocenters. The summed E-state index contributed by atoms with van der Waals surface area (Å²) in [7, 11) is 1.86. The number of likely N-dealkylation sites (N-methyl/N-ethyl adjacent to an activating group) is 1. The summed E-state index contributed by atoms with van der Waals surface area (Å²) in [5, 5.41) is 5.13. The van der Waals surface area contributed by atoms with Crippen molar-refractivity contribution in [3.8, 4) is 0 Å². The van der Waals surface area contributed by atoms with E-state index in [4.69, 9.17) is 0 Å². The number of carbonyl (C=O) groups excluding carboxylic acids is 1. The molecule has 1 N–H and O–H groups in total. The van der Waals surface area contributed by atoms with Crippen LogP contribution in [0.15, 0.2) is 10.9 Å². The molecular weight excluding hydrogens is 234 g/mol. The van der Waals surface area contributed by atoms with Crippen LogP contribution in [0.1, 0.15) is 31.9 Å². The Morgan fingerprint density at radius 3 is 3.06 bits per heavy atom. The molecule has 2 rings (SSSR count). The van der Waals surface area contributed by atoms with Gasteiger partial charge in [0.25, 0.3) is 0 Å². The molecule has 0 spiro atoms. The molecule has 1 amide bonds. The molecule has 5 heteroatoms. The maximum absolute atomic E-state index is 12.4. The van der Waals surface area contributed by atoms with Crippen molar-refractivity contribution in [1.29, 1.82) is 0 Å². The molecule has 0 aliphatic carbocycles. The van der Waals surface area contributed by atoms with E-state index in [2.05, 4.69) is 17.2 Å². The van der Waals surface area contributed by atoms with Gasteiger partial charge in [-0.3, -0.25) is 4.79 Å². The van der Waals surface area contributed by atoms with Gasteiger partial charge in [0.2, 0.25) is 5.91 Å². The summed E-state index contributed by atoms with van der Waals surface area (Å²) in [6, 6.07) is 0.279. The minimum Gasteiger partial charge on any atom is -0.333 e. The van der Waals surface area contributed by atoms with Crippen molar-refractivity contribution < 1.29 is 4.79 Å². The average Bonchev–Trinajstić information content (AvgIpc) is 2.79. The molecule has 17 heavy (non-hydrogen) atoms. The molecule has 1 aliphatic heterocycles. The molecule has 1 aromatic heterocycles. The number of carbonyl (C=O) groups is 1. The van der Waals surface area contributed by atoms with Crippen molar-refractivity contribution in [1.82, 2.24) is 15.2 Å². The van der Waals surface area contributed by atoms with Gasteiger partial charge in [0.05, 0.1) is 23.8 Å². The van der Waals surface area contributed by atoms with Gasteiger partial charge in [0, 0.05) is 11.4 Å². The standard InChI is InChI=1S/C12H19N3OS/c1-9-4-3-5-11(13-2)12(16)15(9)6-10-7-17-8-14-10/h7-9,11,13H,3-6H2,1-2H3. The normalized spacial score (nSPS) is 26.0. The summed E-state index contributed by atoms with van der Waals surface area (Å²) < 4.78 is 0. The summed E-state index contributed by atoms with van der Waals surface area (Å²) in [6.07, 6.45) is 3.12. The van der Waals surface area contributed by atoms with Crippen LogP contribution in [0, 0.1) is 0 Å². The molecule has 0 radical (unpaired) electrons. The highest BCUT2D eigenvalue weighted by molar-refractivity contribution is 7.07. The minimum atomic E-state index is -0.0291. The van der Waals surface area contributed by atoms with E-state index in [1.165, 1.54) is 0 Å². The monoisotopic (exact) mass is 253 g/mol. The fourth-order valence-electron chi connectivity index (χ4n) is 2.31. The van der Waals surface area contributed by atoms with Gasteiger partial charge in [-0.05, 0) is 33.2 Å². The molecule has 1 saturated heterocycles. The number of amides is 1. The Morgan fingerprint density at radius 1 is 1.59 bits per heavy atom. The zero-order valence-corrected chi connectivity index (χ0v) is 11.2. The molecule has 94 valence electrons. The van der Waals surface area contributed by atoms with Crippen molar-refractivity contribution in [2.75, 3.05) is 7.05 Å². The first-order valence-electron chi connectivity index (χ1n) is 6.07. The summed E-state index contributed by atoms with van der Waals surface area (Å²) >= 11 is 1.58. The Morgan fingerprint density at radius 2 is 2.41 bits per heavy atom. The number of rotatable bonds is 3. The Kier molecular flexibility index (Phi) is 4.12. The second-order valence-corrected chi connectivity index (χ2v) is 5.29. The zero-order chi connectivity index (χ0) is 12.3. The van der Waals surface area contributed by atoms with Gasteiger partial charge in [-0.2, -0.15) is 0 Å². The summed E-state index contributed by atoms with van der Waals surface area (Å²) in [5.41, 5.74) is 2.81. The van der Waals surface area contributed by atoms with Crippen LogP contribution in [0.3, 0.4) is 0 Å². The second-order valence-electron chi connectivity index (χ2n) is 4.57. The smallest absolute Gasteiger partial charge is 0.240 e. The number of nitrogens with zero attached hydrogens (tertiary/aromatic N) is 2. The third kappa shape index (κ3) is 2.84. The molecule has 2 unspecified atom stereocenters. The van der Waals surface area contributed by atoms with Crippen molar-refractivity contribution in [3.05, 3.63) is 16.6 Å². The van der Waals surface area contributed by atoms with Gasteiger partial charge in [-0.25, -0.2) is 4.98 Å². The third-order valence-electron chi connectivity index (χ3n) is 3.39. The predicted octanol–water partition coefficient (Wildman–Crippen LogP) is 1.63. The van der Waals surface area contributed by atoms with Crippen LogP contribution in [0.4, 0.5) is 0 Å². The quantitative estimate of drug-likeness (QED) is 0.890. The lowest BCUT2D eigenvalue weighted by atomic mass is 10.1. The Balaban J connectivity index is 2.12. The first-order valence-corrected chi connectivity index (χ1v) is 7.01. The Labute approximate surface area is 106 Å². The van der Waals surface area contributed by atoms with Gasteiger partial charge in [-0.15, -0.1) is 11.3 Å². The molecule has 0 aromatic carbocycles. The van der Waals surface area contributed by atoms with Crippen molar-refractivity contribution in [2.45, 2.75) is 44.8 Å². The highest BCUT2D eigenvalue weighted by atomic mass is 32.1. The number of thiazole rings is 1. The first kappa shape index (κ1) is 12.5. The van der Waals surface area contributed by atoms with E-state index in [1.807, 2.05) is 22.8 Å². The molecular formula is C12H19N3OS. The lowest BCUT2D eigenvalue weighted by Crippen LogP contribution is -2.46. The van der Waals surface area contributed by atoms with Crippen molar-refractivity contribution in [2.24, 2.45) is 0 Å². The fourth-order valence-corrected chi connectivity index (χ4v) is 2.86. The zero-order valence-electron chi connectivity index (χ0n) is 10.3. The maximum atomic E-state index is 12.4. The number of hydrogen-bond acceptors (Lipinski definition) is 4. The number of nitrogens with one attached hydrogen (secondary N) is 1. The summed E-state index contributed by atoms with van der Waals surface area (Å²) in [5.74, 6) is 0.213. The van der Waals surface area contributed by atoms with E-state index in [9.17, 15) is 4.79 Å². The van der Waals surface area contributed by atoms with Crippen LogP contribution in [-0.4, -0.2) is 34.9 Å². The van der Waals surface area contributed by atoms with Gasteiger partial charge in [0.15, 0.2) is 0 Å². The van der Waals surface area contributed by atoms with E-state index < -0.39 is 0 Å². The highest BCUT2D eigenvalue weighted by Gasteiger charge is 2.30. The maximum Gasteiger partial charge on any atom is 0.240 e. The molecule has 1 fully saturated rings. The van der Waals surface area contributed by atoms with Gasteiger partial charge in [0.1, 0.15) is 0 Å². The lowest BCUT2D eigenvalue weighted by molar-refractivity contribution is -0.135. The molecule has 0 saturated carbocycles. The van der Waals surface area contributed by atoms with Crippen LogP contribution in [0.5, 0.6) is 0 Å². The van der Waals surface area contributed by atoms with E-state index in [-0.39, 0.29) is 11.9 Å². The van der Waals surface area contributed by atoms with E-state index >= 15 is 0 Å². The molecule has 2 heterocycles. The molecule has 1 aromatic rings. The predicted molar refractivity (Wildman–Crippen MR) is 68.8 cm³/mol. The van der Waals surface area contributed by atoms with Crippen LogP contribution in [-0.2, 0) is 11.3 Å². The largest absolute Gasteiger partial charge is 0.333 e. The SMILES string of the molecule is CNC1CCCC(C)N(Cc2cscn2)C1=O. The van der Waals surface area contributed by atoms with E-state index in [1.54, 1.807) is 11.3 Å². The van der Waals surface area contributed by atoms with Gasteiger partial charge < -0.3 is 10.2 Å². The van der Waals surface area contributed by atoms with Crippen molar-refractivity contribution >= 4 is 17.2 Å². The second kappa shape index (κ2) is 5.60. The first-order chi connectivity index (χ1) is 8.22. The summed E-state index contributed by atoms with van der Waals surface area (Å²) in [4.78, 5) is 18.6. The topological polar surface area (TPSA) is 45.2 Å². The Bertz CT molecular complexity index is 366. The van der Waals surface area contributed by atoms with Gasteiger partial charge in [-0.1, -0.05) is 0 Å². The summed E-state index contributed by atoms with van der Waals surface area (Å²) in [6.45, 7) is 2.77. The molecule has 1 aliphatic rings. The highest BCUT2D eigenvalue weighted by Crippen LogP contribution is 2.20. The lowest BCUT2D eigenvalue weighted by Gasteiger charge is -2.28.